The lowest BCUT2D eigenvalue weighted by Crippen LogP contribution is -2.30. The average Bonchev–Trinajstić information content (AvgIpc) is 3.27. The molecule has 2 aliphatic rings. The zero-order chi connectivity index (χ0) is 15.3. The van der Waals surface area contributed by atoms with Crippen LogP contribution in [-0.2, 0) is 4.79 Å². The fourth-order valence-electron chi connectivity index (χ4n) is 3.24. The van der Waals surface area contributed by atoms with Crippen LogP contribution in [0.2, 0.25) is 0 Å². The summed E-state index contributed by atoms with van der Waals surface area (Å²) in [6, 6.07) is 10.0. The van der Waals surface area contributed by atoms with Crippen molar-refractivity contribution in [1.82, 2.24) is 4.98 Å². The summed E-state index contributed by atoms with van der Waals surface area (Å²) in [5.41, 5.74) is 2.63. The molecule has 1 saturated carbocycles. The van der Waals surface area contributed by atoms with E-state index in [4.69, 9.17) is 0 Å². The molecule has 3 nitrogen and oxygen atoms in total. The van der Waals surface area contributed by atoms with E-state index in [1.165, 1.54) is 12.8 Å². The van der Waals surface area contributed by atoms with Crippen LogP contribution in [0.4, 0.5) is 5.69 Å². The maximum absolute atomic E-state index is 12.9. The number of carbonyl (C=O) groups is 1. The van der Waals surface area contributed by atoms with Crippen molar-refractivity contribution in [3.8, 4) is 0 Å². The Morgan fingerprint density at radius 1 is 1.23 bits per heavy atom. The minimum atomic E-state index is -0.336. The summed E-state index contributed by atoms with van der Waals surface area (Å²) >= 11 is 0. The monoisotopic (exact) mass is 292 g/mol. The summed E-state index contributed by atoms with van der Waals surface area (Å²) in [5.74, 6) is 0.833. The second kappa shape index (κ2) is 4.67. The van der Waals surface area contributed by atoms with E-state index < -0.39 is 0 Å². The lowest BCUT2D eigenvalue weighted by molar-refractivity contribution is -0.123. The van der Waals surface area contributed by atoms with Gasteiger partial charge in [-0.2, -0.15) is 0 Å². The molecule has 4 rings (SSSR count). The van der Waals surface area contributed by atoms with Crippen molar-refractivity contribution in [2.75, 3.05) is 4.90 Å². The highest BCUT2D eigenvalue weighted by atomic mass is 16.2. The number of carbonyl (C=O) groups excluding carboxylic acids is 1. The third-order valence-corrected chi connectivity index (χ3v) is 4.59. The predicted octanol–water partition coefficient (Wildman–Crippen LogP) is 4.29. The number of pyridine rings is 1. The molecule has 1 aromatic carbocycles. The fraction of sp³-hybridized carbons (Fsp3) is 0.368. The van der Waals surface area contributed by atoms with Crippen molar-refractivity contribution in [2.45, 2.75) is 33.1 Å². The quantitative estimate of drug-likeness (QED) is 0.827. The van der Waals surface area contributed by atoms with Crippen LogP contribution in [-0.4, -0.2) is 10.9 Å². The summed E-state index contributed by atoms with van der Waals surface area (Å²) in [5, 5.41) is 1.07. The molecule has 3 heteroatoms. The van der Waals surface area contributed by atoms with Gasteiger partial charge in [-0.1, -0.05) is 38.1 Å². The summed E-state index contributed by atoms with van der Waals surface area (Å²) in [6.45, 7) is 4.07. The van der Waals surface area contributed by atoms with E-state index >= 15 is 0 Å². The topological polar surface area (TPSA) is 33.2 Å². The van der Waals surface area contributed by atoms with Gasteiger partial charge in [-0.05, 0) is 30.9 Å². The molecule has 0 N–H and O–H groups in total. The lowest BCUT2D eigenvalue weighted by Gasteiger charge is -2.21. The zero-order valence-electron chi connectivity index (χ0n) is 13.0. The Kier molecular flexibility index (Phi) is 2.86. The van der Waals surface area contributed by atoms with Gasteiger partial charge in [0.25, 0.3) is 0 Å². The third-order valence-electron chi connectivity index (χ3n) is 4.59. The third kappa shape index (κ3) is 2.12. The molecular weight excluding hydrogens is 272 g/mol. The van der Waals surface area contributed by atoms with E-state index in [2.05, 4.69) is 11.1 Å². The summed E-state index contributed by atoms with van der Waals surface area (Å²) in [6.07, 6.45) is 7.40. The summed E-state index contributed by atoms with van der Waals surface area (Å²) in [7, 11) is 0. The van der Waals surface area contributed by atoms with E-state index in [1.54, 1.807) is 6.20 Å². The standard InChI is InChI=1S/C19H20N2O/c1-19(2)12-15(11-13-8-9-13)21(18(19)22)16-7-3-5-14-6-4-10-20-17(14)16/h3-7,10-11,13H,8-9,12H2,1-2H3/b15-11+. The molecule has 0 unspecified atom stereocenters. The van der Waals surface area contributed by atoms with Crippen molar-refractivity contribution >= 4 is 22.5 Å². The highest BCUT2D eigenvalue weighted by molar-refractivity contribution is 6.08. The van der Waals surface area contributed by atoms with Gasteiger partial charge < -0.3 is 0 Å². The van der Waals surface area contributed by atoms with Crippen LogP contribution in [0.5, 0.6) is 0 Å². The molecule has 1 saturated heterocycles. The normalized spacial score (nSPS) is 22.7. The maximum Gasteiger partial charge on any atom is 0.237 e. The first-order valence-corrected chi connectivity index (χ1v) is 7.95. The summed E-state index contributed by atoms with van der Waals surface area (Å²) < 4.78 is 0. The number of benzene rings is 1. The summed E-state index contributed by atoms with van der Waals surface area (Å²) in [4.78, 5) is 19.4. The van der Waals surface area contributed by atoms with Crippen molar-refractivity contribution in [3.05, 3.63) is 48.3 Å². The zero-order valence-corrected chi connectivity index (χ0v) is 13.0. The number of hydrogen-bond acceptors (Lipinski definition) is 2. The molecule has 0 bridgehead atoms. The number of amides is 1. The highest BCUT2D eigenvalue weighted by Gasteiger charge is 2.44. The van der Waals surface area contributed by atoms with Crippen LogP contribution in [0.25, 0.3) is 10.9 Å². The molecule has 0 spiro atoms. The Labute approximate surface area is 130 Å². The number of nitrogens with zero attached hydrogens (tertiary/aromatic N) is 2. The van der Waals surface area contributed by atoms with Crippen LogP contribution in [0, 0.1) is 11.3 Å². The van der Waals surface area contributed by atoms with E-state index in [1.807, 2.05) is 49.1 Å². The smallest absolute Gasteiger partial charge is 0.237 e. The van der Waals surface area contributed by atoms with Gasteiger partial charge in [0, 0.05) is 29.1 Å². The largest absolute Gasteiger partial charge is 0.282 e. The second-order valence-electron chi connectivity index (χ2n) is 7.05. The Balaban J connectivity index is 1.89. The number of allylic oxidation sites excluding steroid dienone is 2. The molecule has 2 aromatic rings. The SMILES string of the molecule is CC1(C)C/C(=C\C2CC2)N(c2cccc3cccnc23)C1=O. The molecule has 2 fully saturated rings. The molecule has 2 heterocycles. The first kappa shape index (κ1) is 13.5. The predicted molar refractivity (Wildman–Crippen MR) is 88.4 cm³/mol. The number of fused-ring (bicyclic) bond motifs is 1. The van der Waals surface area contributed by atoms with Gasteiger partial charge in [0.15, 0.2) is 0 Å². The molecule has 1 amide bonds. The van der Waals surface area contributed by atoms with Gasteiger partial charge in [-0.25, -0.2) is 0 Å². The first-order chi connectivity index (χ1) is 10.6. The van der Waals surface area contributed by atoms with Crippen molar-refractivity contribution in [1.29, 1.82) is 0 Å². The van der Waals surface area contributed by atoms with Gasteiger partial charge in [-0.3, -0.25) is 14.7 Å². The van der Waals surface area contributed by atoms with Crippen LogP contribution in [0.1, 0.15) is 33.1 Å². The molecule has 0 radical (unpaired) electrons. The molecule has 1 aliphatic carbocycles. The van der Waals surface area contributed by atoms with Gasteiger partial charge >= 0.3 is 0 Å². The maximum atomic E-state index is 12.9. The van der Waals surface area contributed by atoms with Gasteiger partial charge in [0.05, 0.1) is 11.2 Å². The Morgan fingerprint density at radius 3 is 2.77 bits per heavy atom. The molecule has 1 aliphatic heterocycles. The number of para-hydroxylation sites is 1. The lowest BCUT2D eigenvalue weighted by atomic mass is 9.91. The average molecular weight is 292 g/mol. The van der Waals surface area contributed by atoms with Gasteiger partial charge in [0.2, 0.25) is 5.91 Å². The number of hydrogen-bond donors (Lipinski definition) is 0. The Bertz CT molecular complexity index is 782. The Morgan fingerprint density at radius 2 is 2.00 bits per heavy atom. The van der Waals surface area contributed by atoms with Gasteiger partial charge in [-0.15, -0.1) is 0 Å². The fourth-order valence-corrected chi connectivity index (χ4v) is 3.24. The van der Waals surface area contributed by atoms with E-state index in [0.29, 0.717) is 5.92 Å². The number of rotatable bonds is 2. The van der Waals surface area contributed by atoms with E-state index in [0.717, 1.165) is 28.7 Å². The number of anilines is 1. The molecule has 22 heavy (non-hydrogen) atoms. The second-order valence-corrected chi connectivity index (χ2v) is 7.05. The highest BCUT2D eigenvalue weighted by Crippen LogP contribution is 2.44. The molecule has 1 aromatic heterocycles. The van der Waals surface area contributed by atoms with E-state index in [-0.39, 0.29) is 11.3 Å². The molecular formula is C19H20N2O. The van der Waals surface area contributed by atoms with Crippen LogP contribution in [0.15, 0.2) is 48.3 Å². The number of aromatic nitrogens is 1. The van der Waals surface area contributed by atoms with Crippen molar-refractivity contribution in [3.63, 3.8) is 0 Å². The minimum absolute atomic E-state index is 0.178. The van der Waals surface area contributed by atoms with Crippen molar-refractivity contribution < 1.29 is 4.79 Å². The minimum Gasteiger partial charge on any atom is -0.282 e. The Hall–Kier alpha value is -2.16. The van der Waals surface area contributed by atoms with Crippen molar-refractivity contribution in [2.24, 2.45) is 11.3 Å². The van der Waals surface area contributed by atoms with Gasteiger partial charge in [0.1, 0.15) is 0 Å². The van der Waals surface area contributed by atoms with Crippen LogP contribution in [0.3, 0.4) is 0 Å². The van der Waals surface area contributed by atoms with E-state index in [9.17, 15) is 4.79 Å². The first-order valence-electron chi connectivity index (χ1n) is 7.95. The van der Waals surface area contributed by atoms with Crippen LogP contribution < -0.4 is 4.90 Å². The van der Waals surface area contributed by atoms with Crippen LogP contribution >= 0.6 is 0 Å². The molecule has 0 atom stereocenters. The molecule has 112 valence electrons.